The second-order valence-electron chi connectivity index (χ2n) is 5.35. The molecule has 0 bridgehead atoms. The molecule has 1 N–H and O–H groups in total. The van der Waals surface area contributed by atoms with Gasteiger partial charge in [0.15, 0.2) is 11.5 Å². The minimum absolute atomic E-state index is 0.0260. The fraction of sp³-hybridized carbons (Fsp3) is 0.250. The smallest absolute Gasteiger partial charge is 0.264 e. The second-order valence-corrected chi connectivity index (χ2v) is 8.27. The Hall–Kier alpha value is -2.10. The average Bonchev–Trinajstić information content (AvgIpc) is 3.09. The number of aromatic nitrogens is 2. The van der Waals surface area contributed by atoms with Gasteiger partial charge >= 0.3 is 0 Å². The maximum Gasteiger partial charge on any atom is 0.264 e. The Labute approximate surface area is 160 Å². The van der Waals surface area contributed by atoms with E-state index < -0.39 is 10.0 Å². The standard InChI is InChI=1S/C16H16ClN3O4S2/c1-23-13-8-7-12(9-14(13)24-2)26(21,22)20-16-18-15(25-19-16)10-3-5-11(17)6-4-10/h3,5,7-9H,4,6H2,1-2H3,(H,19,20). The van der Waals surface area contributed by atoms with Crippen LogP contribution in [0.3, 0.4) is 0 Å². The maximum atomic E-state index is 12.6. The van der Waals surface area contributed by atoms with E-state index >= 15 is 0 Å². The molecule has 0 unspecified atom stereocenters. The monoisotopic (exact) mass is 413 g/mol. The van der Waals surface area contributed by atoms with Gasteiger partial charge in [0.25, 0.3) is 10.0 Å². The molecule has 0 saturated carbocycles. The van der Waals surface area contributed by atoms with Crippen molar-refractivity contribution in [1.29, 1.82) is 0 Å². The Balaban J connectivity index is 1.82. The molecule has 26 heavy (non-hydrogen) atoms. The topological polar surface area (TPSA) is 90.4 Å². The van der Waals surface area contributed by atoms with Crippen molar-refractivity contribution in [1.82, 2.24) is 9.36 Å². The van der Waals surface area contributed by atoms with Crippen LogP contribution in [0.4, 0.5) is 5.95 Å². The van der Waals surface area contributed by atoms with Gasteiger partial charge in [0.1, 0.15) is 5.01 Å². The molecule has 3 rings (SSSR count). The molecule has 10 heteroatoms. The van der Waals surface area contributed by atoms with Crippen LogP contribution in [0, 0.1) is 0 Å². The first-order chi connectivity index (χ1) is 12.4. The molecule has 0 atom stereocenters. The number of rotatable bonds is 6. The summed E-state index contributed by atoms with van der Waals surface area (Å²) in [5.74, 6) is 0.788. The number of nitrogens with one attached hydrogen (secondary N) is 1. The first-order valence-electron chi connectivity index (χ1n) is 7.57. The van der Waals surface area contributed by atoms with Gasteiger partial charge in [-0.2, -0.15) is 9.36 Å². The lowest BCUT2D eigenvalue weighted by Crippen LogP contribution is -2.14. The normalized spacial score (nSPS) is 14.4. The molecule has 0 amide bonds. The molecule has 2 aromatic rings. The van der Waals surface area contributed by atoms with Gasteiger partial charge in [-0.1, -0.05) is 17.7 Å². The molecule has 138 valence electrons. The summed E-state index contributed by atoms with van der Waals surface area (Å²) in [6.45, 7) is 0. The quantitative estimate of drug-likeness (QED) is 0.777. The number of benzene rings is 1. The molecular weight excluding hydrogens is 398 g/mol. The molecule has 1 aliphatic carbocycles. The minimum atomic E-state index is -3.85. The van der Waals surface area contributed by atoms with E-state index in [0.29, 0.717) is 16.5 Å². The van der Waals surface area contributed by atoms with Gasteiger partial charge in [-0.3, -0.25) is 0 Å². The molecule has 0 aliphatic heterocycles. The van der Waals surface area contributed by atoms with E-state index in [2.05, 4.69) is 14.1 Å². The lowest BCUT2D eigenvalue weighted by molar-refractivity contribution is 0.354. The fourth-order valence-electron chi connectivity index (χ4n) is 2.35. The summed E-state index contributed by atoms with van der Waals surface area (Å²) in [4.78, 5) is 4.29. The third kappa shape index (κ3) is 4.00. The third-order valence-electron chi connectivity index (χ3n) is 3.69. The highest BCUT2D eigenvalue weighted by Gasteiger charge is 2.20. The number of sulfonamides is 1. The van der Waals surface area contributed by atoms with Crippen molar-refractivity contribution >= 4 is 44.7 Å². The third-order valence-corrected chi connectivity index (χ3v) is 6.12. The fourth-order valence-corrected chi connectivity index (χ4v) is 4.20. The van der Waals surface area contributed by atoms with Crippen molar-refractivity contribution in [3.05, 3.63) is 40.4 Å². The Morgan fingerprint density at radius 3 is 2.58 bits per heavy atom. The van der Waals surface area contributed by atoms with Crippen LogP contribution >= 0.6 is 23.1 Å². The van der Waals surface area contributed by atoms with Crippen LogP contribution < -0.4 is 14.2 Å². The van der Waals surface area contributed by atoms with E-state index in [1.807, 2.05) is 12.2 Å². The molecule has 0 spiro atoms. The van der Waals surface area contributed by atoms with Gasteiger partial charge in [-0.05, 0) is 48.2 Å². The zero-order valence-electron chi connectivity index (χ0n) is 14.0. The summed E-state index contributed by atoms with van der Waals surface area (Å²) in [5.41, 5.74) is 0.975. The van der Waals surface area contributed by atoms with Crippen LogP contribution in [0.25, 0.3) is 5.57 Å². The van der Waals surface area contributed by atoms with Crippen LogP contribution in [-0.4, -0.2) is 32.0 Å². The molecule has 0 radical (unpaired) electrons. The molecule has 0 fully saturated rings. The second kappa shape index (κ2) is 7.65. The first kappa shape index (κ1) is 18.7. The number of ether oxygens (including phenoxy) is 2. The van der Waals surface area contributed by atoms with Crippen molar-refractivity contribution in [2.24, 2.45) is 0 Å². The number of hydrogen-bond donors (Lipinski definition) is 1. The van der Waals surface area contributed by atoms with Crippen LogP contribution in [0.2, 0.25) is 0 Å². The van der Waals surface area contributed by atoms with E-state index in [0.717, 1.165) is 35.0 Å². The van der Waals surface area contributed by atoms with Gasteiger partial charge in [-0.15, -0.1) is 0 Å². The molecule has 1 aliphatic rings. The Morgan fingerprint density at radius 1 is 1.15 bits per heavy atom. The number of allylic oxidation sites excluding steroid dienone is 4. The lowest BCUT2D eigenvalue weighted by Gasteiger charge is -2.10. The van der Waals surface area contributed by atoms with Crippen molar-refractivity contribution in [3.8, 4) is 11.5 Å². The van der Waals surface area contributed by atoms with Crippen LogP contribution in [0.15, 0.2) is 40.3 Å². The summed E-state index contributed by atoms with van der Waals surface area (Å²) in [5, 5.41) is 1.45. The van der Waals surface area contributed by atoms with Crippen molar-refractivity contribution < 1.29 is 17.9 Å². The summed E-state index contributed by atoms with van der Waals surface area (Å²) in [6.07, 6.45) is 5.17. The molecular formula is C16H16ClN3O4S2. The number of anilines is 1. The summed E-state index contributed by atoms with van der Waals surface area (Å²) < 4.78 is 41.9. The summed E-state index contributed by atoms with van der Waals surface area (Å²) in [6, 6.07) is 4.33. The highest BCUT2D eigenvalue weighted by molar-refractivity contribution is 7.92. The van der Waals surface area contributed by atoms with E-state index in [-0.39, 0.29) is 10.8 Å². The summed E-state index contributed by atoms with van der Waals surface area (Å²) >= 11 is 7.08. The molecule has 0 saturated heterocycles. The highest BCUT2D eigenvalue weighted by Crippen LogP contribution is 2.32. The molecule has 1 aromatic heterocycles. The van der Waals surface area contributed by atoms with Crippen LogP contribution in [0.1, 0.15) is 17.8 Å². The Bertz CT molecular complexity index is 983. The van der Waals surface area contributed by atoms with Gasteiger partial charge in [0.05, 0.1) is 19.1 Å². The predicted octanol–water partition coefficient (Wildman–Crippen LogP) is 3.66. The summed E-state index contributed by atoms with van der Waals surface area (Å²) in [7, 11) is -0.935. The van der Waals surface area contributed by atoms with Gasteiger partial charge in [-0.25, -0.2) is 13.1 Å². The Morgan fingerprint density at radius 2 is 1.92 bits per heavy atom. The number of nitrogens with zero attached hydrogens (tertiary/aromatic N) is 2. The molecule has 1 aromatic carbocycles. The van der Waals surface area contributed by atoms with Crippen LogP contribution in [0.5, 0.6) is 11.5 Å². The minimum Gasteiger partial charge on any atom is -0.493 e. The predicted molar refractivity (Wildman–Crippen MR) is 101 cm³/mol. The number of halogens is 1. The first-order valence-corrected chi connectivity index (χ1v) is 10.2. The molecule has 7 nitrogen and oxygen atoms in total. The van der Waals surface area contributed by atoms with Crippen molar-refractivity contribution in [3.63, 3.8) is 0 Å². The van der Waals surface area contributed by atoms with E-state index in [1.165, 1.54) is 32.4 Å². The average molecular weight is 414 g/mol. The van der Waals surface area contributed by atoms with E-state index in [9.17, 15) is 8.42 Å². The number of hydrogen-bond acceptors (Lipinski definition) is 7. The largest absolute Gasteiger partial charge is 0.493 e. The van der Waals surface area contributed by atoms with Gasteiger partial charge in [0, 0.05) is 11.1 Å². The van der Waals surface area contributed by atoms with Crippen molar-refractivity contribution in [2.45, 2.75) is 17.7 Å². The zero-order chi connectivity index (χ0) is 18.7. The van der Waals surface area contributed by atoms with Crippen molar-refractivity contribution in [2.75, 3.05) is 18.9 Å². The van der Waals surface area contributed by atoms with E-state index in [4.69, 9.17) is 21.1 Å². The number of methoxy groups -OCH3 is 2. The van der Waals surface area contributed by atoms with Crippen LogP contribution in [-0.2, 0) is 10.0 Å². The zero-order valence-corrected chi connectivity index (χ0v) is 16.4. The maximum absolute atomic E-state index is 12.6. The van der Waals surface area contributed by atoms with Gasteiger partial charge < -0.3 is 9.47 Å². The lowest BCUT2D eigenvalue weighted by atomic mass is 10.1. The molecule has 1 heterocycles. The highest BCUT2D eigenvalue weighted by atomic mass is 35.5. The SMILES string of the molecule is COc1ccc(S(=O)(=O)Nc2nsc(C3=CC=C(Cl)CC3)n2)cc1OC. The Kier molecular flexibility index (Phi) is 5.49. The van der Waals surface area contributed by atoms with E-state index in [1.54, 1.807) is 0 Å². The van der Waals surface area contributed by atoms with Gasteiger partial charge in [0.2, 0.25) is 5.95 Å².